The van der Waals surface area contributed by atoms with Crippen molar-refractivity contribution in [1.82, 2.24) is 15.2 Å². The van der Waals surface area contributed by atoms with Crippen molar-refractivity contribution in [2.45, 2.75) is 31.0 Å². The predicted octanol–water partition coefficient (Wildman–Crippen LogP) is -0.463. The molecule has 2 atom stereocenters. The van der Waals surface area contributed by atoms with Gasteiger partial charge < -0.3 is 10.2 Å². The number of aliphatic hydroxyl groups is 2. The Morgan fingerprint density at radius 1 is 1.67 bits per heavy atom. The molecule has 3 N–H and O–H groups in total. The van der Waals surface area contributed by atoms with E-state index in [-0.39, 0.29) is 0 Å². The predicted molar refractivity (Wildman–Crippen MR) is 40.1 cm³/mol. The first-order valence-electron chi connectivity index (χ1n) is 4.00. The third-order valence-corrected chi connectivity index (χ3v) is 2.41. The molecule has 1 aliphatic carbocycles. The van der Waals surface area contributed by atoms with Gasteiger partial charge in [-0.1, -0.05) is 0 Å². The molecule has 0 spiro atoms. The molecule has 0 aromatic carbocycles. The SMILES string of the molecule is OC1CCCC1(O)c1ncn[nH]1. The van der Waals surface area contributed by atoms with Crippen molar-refractivity contribution in [3.63, 3.8) is 0 Å². The average molecular weight is 169 g/mol. The van der Waals surface area contributed by atoms with Gasteiger partial charge in [0.1, 0.15) is 11.9 Å². The van der Waals surface area contributed by atoms with Crippen LogP contribution in [0.15, 0.2) is 6.33 Å². The summed E-state index contributed by atoms with van der Waals surface area (Å²) in [6.45, 7) is 0. The highest BCUT2D eigenvalue weighted by Gasteiger charge is 2.44. The Kier molecular flexibility index (Phi) is 1.62. The molecule has 1 aliphatic rings. The quantitative estimate of drug-likeness (QED) is 0.531. The third kappa shape index (κ3) is 0.937. The van der Waals surface area contributed by atoms with E-state index in [2.05, 4.69) is 15.2 Å². The lowest BCUT2D eigenvalue weighted by molar-refractivity contribution is -0.0640. The van der Waals surface area contributed by atoms with Crippen LogP contribution in [0.5, 0.6) is 0 Å². The largest absolute Gasteiger partial charge is 0.390 e. The number of hydrogen-bond acceptors (Lipinski definition) is 4. The molecule has 1 fully saturated rings. The molecule has 0 aliphatic heterocycles. The van der Waals surface area contributed by atoms with Crippen molar-refractivity contribution < 1.29 is 10.2 Å². The van der Waals surface area contributed by atoms with Gasteiger partial charge in [0, 0.05) is 0 Å². The molecule has 12 heavy (non-hydrogen) atoms. The van der Waals surface area contributed by atoms with Gasteiger partial charge in [0.25, 0.3) is 0 Å². The normalized spacial score (nSPS) is 35.7. The summed E-state index contributed by atoms with van der Waals surface area (Å²) in [5, 5.41) is 25.6. The average Bonchev–Trinajstić information content (AvgIpc) is 2.62. The smallest absolute Gasteiger partial charge is 0.158 e. The van der Waals surface area contributed by atoms with E-state index in [0.29, 0.717) is 18.7 Å². The van der Waals surface area contributed by atoms with Crippen LogP contribution in [0, 0.1) is 0 Å². The number of aromatic amines is 1. The van der Waals surface area contributed by atoms with Crippen LogP contribution in [0.4, 0.5) is 0 Å². The van der Waals surface area contributed by atoms with Crippen molar-refractivity contribution in [1.29, 1.82) is 0 Å². The second-order valence-corrected chi connectivity index (χ2v) is 3.17. The molecule has 2 rings (SSSR count). The molecule has 5 nitrogen and oxygen atoms in total. The summed E-state index contributed by atoms with van der Waals surface area (Å²) in [4.78, 5) is 3.84. The van der Waals surface area contributed by atoms with Crippen LogP contribution in [0.3, 0.4) is 0 Å². The van der Waals surface area contributed by atoms with Crippen LogP contribution >= 0.6 is 0 Å². The lowest BCUT2D eigenvalue weighted by Gasteiger charge is -2.23. The summed E-state index contributed by atoms with van der Waals surface area (Å²) in [6, 6.07) is 0. The number of hydrogen-bond donors (Lipinski definition) is 3. The summed E-state index contributed by atoms with van der Waals surface area (Å²) in [5.41, 5.74) is -1.20. The fourth-order valence-corrected chi connectivity index (χ4v) is 1.66. The van der Waals surface area contributed by atoms with Gasteiger partial charge in [0.15, 0.2) is 5.82 Å². The molecular formula is C7H11N3O2. The second-order valence-electron chi connectivity index (χ2n) is 3.17. The zero-order chi connectivity index (χ0) is 8.60. The van der Waals surface area contributed by atoms with Crippen molar-refractivity contribution in [3.05, 3.63) is 12.2 Å². The minimum absolute atomic E-state index is 0.368. The van der Waals surface area contributed by atoms with E-state index in [0.717, 1.165) is 6.42 Å². The van der Waals surface area contributed by atoms with Gasteiger partial charge in [-0.2, -0.15) is 5.10 Å². The van der Waals surface area contributed by atoms with E-state index in [1.165, 1.54) is 6.33 Å². The topological polar surface area (TPSA) is 82.0 Å². The summed E-state index contributed by atoms with van der Waals surface area (Å²) < 4.78 is 0. The fraction of sp³-hybridized carbons (Fsp3) is 0.714. The molecule has 2 unspecified atom stereocenters. The maximum absolute atomic E-state index is 9.94. The van der Waals surface area contributed by atoms with E-state index in [4.69, 9.17) is 0 Å². The molecule has 1 saturated carbocycles. The van der Waals surface area contributed by atoms with Crippen LogP contribution in [-0.2, 0) is 5.60 Å². The summed E-state index contributed by atoms with van der Waals surface area (Å²) in [5.74, 6) is 0.368. The van der Waals surface area contributed by atoms with Crippen molar-refractivity contribution in [2.75, 3.05) is 0 Å². The van der Waals surface area contributed by atoms with Crippen LogP contribution in [0.25, 0.3) is 0 Å². The molecule has 1 heterocycles. The molecular weight excluding hydrogens is 158 g/mol. The summed E-state index contributed by atoms with van der Waals surface area (Å²) in [7, 11) is 0. The Bertz CT molecular complexity index is 262. The summed E-state index contributed by atoms with van der Waals surface area (Å²) in [6.07, 6.45) is 2.60. The summed E-state index contributed by atoms with van der Waals surface area (Å²) >= 11 is 0. The molecule has 1 aromatic heterocycles. The second kappa shape index (κ2) is 2.53. The maximum atomic E-state index is 9.94. The molecule has 5 heteroatoms. The van der Waals surface area contributed by atoms with E-state index < -0.39 is 11.7 Å². The molecule has 0 radical (unpaired) electrons. The molecule has 0 bridgehead atoms. The molecule has 0 amide bonds. The van der Waals surface area contributed by atoms with Crippen LogP contribution < -0.4 is 0 Å². The minimum atomic E-state index is -1.20. The number of aliphatic hydroxyl groups excluding tert-OH is 1. The van der Waals surface area contributed by atoms with E-state index in [1.807, 2.05) is 0 Å². The molecule has 66 valence electrons. The van der Waals surface area contributed by atoms with Crippen LogP contribution in [-0.4, -0.2) is 31.5 Å². The van der Waals surface area contributed by atoms with Gasteiger partial charge in [-0.25, -0.2) is 4.98 Å². The van der Waals surface area contributed by atoms with E-state index in [1.54, 1.807) is 0 Å². The Morgan fingerprint density at radius 3 is 3.00 bits per heavy atom. The van der Waals surface area contributed by atoms with Crippen molar-refractivity contribution in [3.8, 4) is 0 Å². The number of nitrogens with zero attached hydrogens (tertiary/aromatic N) is 2. The monoisotopic (exact) mass is 169 g/mol. The van der Waals surface area contributed by atoms with Gasteiger partial charge in [-0.05, 0) is 19.3 Å². The Labute approximate surface area is 69.5 Å². The highest BCUT2D eigenvalue weighted by Crippen LogP contribution is 2.36. The lowest BCUT2D eigenvalue weighted by Crippen LogP contribution is -2.35. The zero-order valence-corrected chi connectivity index (χ0v) is 6.56. The van der Waals surface area contributed by atoms with Crippen molar-refractivity contribution >= 4 is 0 Å². The Balaban J connectivity index is 2.32. The standard InChI is InChI=1S/C7H11N3O2/c11-5-2-1-3-7(5,12)6-8-4-9-10-6/h4-5,11-12H,1-3H2,(H,8,9,10). The number of nitrogens with one attached hydrogen (secondary N) is 1. The zero-order valence-electron chi connectivity index (χ0n) is 6.56. The molecule has 1 aromatic rings. The van der Waals surface area contributed by atoms with Gasteiger partial charge in [-0.15, -0.1) is 0 Å². The first-order valence-corrected chi connectivity index (χ1v) is 4.00. The molecule has 0 saturated heterocycles. The van der Waals surface area contributed by atoms with E-state index in [9.17, 15) is 10.2 Å². The van der Waals surface area contributed by atoms with Gasteiger partial charge in [0.05, 0.1) is 6.10 Å². The first kappa shape index (κ1) is 7.70. The highest BCUT2D eigenvalue weighted by atomic mass is 16.3. The Hall–Kier alpha value is -0.940. The Morgan fingerprint density at radius 2 is 2.50 bits per heavy atom. The van der Waals surface area contributed by atoms with Crippen LogP contribution in [0.1, 0.15) is 25.1 Å². The fourth-order valence-electron chi connectivity index (χ4n) is 1.66. The van der Waals surface area contributed by atoms with Gasteiger partial charge >= 0.3 is 0 Å². The first-order chi connectivity index (χ1) is 5.73. The highest BCUT2D eigenvalue weighted by molar-refractivity contribution is 5.06. The maximum Gasteiger partial charge on any atom is 0.158 e. The number of H-pyrrole nitrogens is 1. The van der Waals surface area contributed by atoms with Gasteiger partial charge in [0.2, 0.25) is 0 Å². The third-order valence-electron chi connectivity index (χ3n) is 2.41. The minimum Gasteiger partial charge on any atom is -0.390 e. The lowest BCUT2D eigenvalue weighted by atomic mass is 9.99. The van der Waals surface area contributed by atoms with Gasteiger partial charge in [-0.3, -0.25) is 5.10 Å². The van der Waals surface area contributed by atoms with E-state index >= 15 is 0 Å². The van der Waals surface area contributed by atoms with Crippen molar-refractivity contribution in [2.24, 2.45) is 0 Å². The van der Waals surface area contributed by atoms with Crippen LogP contribution in [0.2, 0.25) is 0 Å². The number of aromatic nitrogens is 3. The number of rotatable bonds is 1.